The highest BCUT2D eigenvalue weighted by molar-refractivity contribution is 7.92. The van der Waals surface area contributed by atoms with Gasteiger partial charge in [-0.05, 0) is 79.4 Å². The third kappa shape index (κ3) is 9.13. The molecule has 1 aliphatic heterocycles. The van der Waals surface area contributed by atoms with E-state index in [0.29, 0.717) is 43.7 Å². The Bertz CT molecular complexity index is 1730. The number of nitrogens with zero attached hydrogens (tertiary/aromatic N) is 2. The summed E-state index contributed by atoms with van der Waals surface area (Å²) in [5, 5.41) is 26.2. The Balaban J connectivity index is 1.24. The molecule has 3 aromatic carbocycles. The third-order valence-corrected chi connectivity index (χ3v) is 10.1. The Morgan fingerprint density at radius 2 is 1.65 bits per heavy atom. The molecule has 4 rings (SSSR count). The predicted molar refractivity (Wildman–Crippen MR) is 169 cm³/mol. The molecule has 16 heteroatoms. The van der Waals surface area contributed by atoms with Crippen molar-refractivity contribution in [3.05, 3.63) is 83.4 Å². The predicted octanol–water partition coefficient (Wildman–Crippen LogP) is 3.43. The van der Waals surface area contributed by atoms with Gasteiger partial charge in [-0.15, -0.1) is 0 Å². The average Bonchev–Trinajstić information content (AvgIpc) is 3.00. The molecule has 1 atom stereocenters. The molecule has 0 aromatic heterocycles. The molecule has 0 spiro atoms. The summed E-state index contributed by atoms with van der Waals surface area (Å²) >= 11 is 0. The Hall–Kier alpha value is -3.83. The number of phenolic OH excluding ortho intramolecular Hbond substituents is 1. The number of aromatic hydroxyl groups is 1. The van der Waals surface area contributed by atoms with Gasteiger partial charge in [0, 0.05) is 37.9 Å². The van der Waals surface area contributed by atoms with E-state index in [9.17, 15) is 40.6 Å². The molecule has 0 bridgehead atoms. The average molecular weight is 682 g/mol. The first-order chi connectivity index (χ1) is 21.6. The fraction of sp³-hybridized carbons (Fsp3) is 0.367. The number of carbonyl (C=O) groups is 1. The number of amides is 2. The van der Waals surface area contributed by atoms with Gasteiger partial charge >= 0.3 is 6.03 Å². The second kappa shape index (κ2) is 14.7. The number of rotatable bonds is 12. The summed E-state index contributed by atoms with van der Waals surface area (Å²) in [6.45, 7) is 0.995. The van der Waals surface area contributed by atoms with Crippen molar-refractivity contribution in [3.8, 4) is 5.75 Å². The van der Waals surface area contributed by atoms with Gasteiger partial charge in [0.05, 0.1) is 29.5 Å². The second-order valence-electron chi connectivity index (χ2n) is 11.2. The summed E-state index contributed by atoms with van der Waals surface area (Å²) in [7, 11) is -6.03. The monoisotopic (exact) mass is 681 g/mol. The van der Waals surface area contributed by atoms with E-state index in [4.69, 9.17) is 0 Å². The number of piperidine rings is 1. The first-order valence-corrected chi connectivity index (χ1v) is 17.7. The van der Waals surface area contributed by atoms with E-state index in [1.807, 2.05) is 0 Å². The van der Waals surface area contributed by atoms with Crippen LogP contribution in [-0.4, -0.2) is 81.8 Å². The number of aliphatic hydroxyl groups is 1. The molecule has 1 heterocycles. The smallest absolute Gasteiger partial charge is 0.321 e. The standard InChI is InChI=1S/C30H37F2N5O7S2/c1-36(19-24-25(31)4-3-5-26(24)32)30(40)34-22-7-9-23(10-8-22)46(43,44)37-14-12-20(13-15-37)17-33-18-29(39)21-6-11-28(38)27(16-21)35-45(2,41)42/h3-11,16,20,29,33,35,38-39H,12-15,17-19H2,1-2H3,(H,34,40). The molecule has 250 valence electrons. The zero-order valence-corrected chi connectivity index (χ0v) is 26.9. The zero-order chi connectivity index (χ0) is 33.6. The van der Waals surface area contributed by atoms with Crippen LogP contribution in [-0.2, 0) is 26.6 Å². The van der Waals surface area contributed by atoms with Gasteiger partial charge in [0.25, 0.3) is 0 Å². The van der Waals surface area contributed by atoms with E-state index in [1.54, 1.807) is 0 Å². The van der Waals surface area contributed by atoms with E-state index < -0.39 is 43.8 Å². The highest BCUT2D eigenvalue weighted by Gasteiger charge is 2.29. The number of aliphatic hydroxyl groups excluding tert-OH is 1. The lowest BCUT2D eigenvalue weighted by atomic mass is 9.98. The number of phenols is 1. The maximum Gasteiger partial charge on any atom is 0.321 e. The van der Waals surface area contributed by atoms with Crippen molar-refractivity contribution in [2.75, 3.05) is 49.5 Å². The van der Waals surface area contributed by atoms with Crippen LogP contribution in [0.4, 0.5) is 25.0 Å². The normalized spacial score (nSPS) is 15.3. The molecule has 5 N–H and O–H groups in total. The van der Waals surface area contributed by atoms with Gasteiger partial charge in [0.15, 0.2) is 0 Å². The first-order valence-electron chi connectivity index (χ1n) is 14.4. The number of nitrogens with one attached hydrogen (secondary N) is 3. The summed E-state index contributed by atoms with van der Waals surface area (Å²) in [5.74, 6) is -1.63. The third-order valence-electron chi connectivity index (χ3n) is 7.59. The lowest BCUT2D eigenvalue weighted by Gasteiger charge is -2.31. The van der Waals surface area contributed by atoms with Crippen LogP contribution in [0.5, 0.6) is 5.75 Å². The number of urea groups is 1. The number of carbonyl (C=O) groups excluding carboxylic acids is 1. The van der Waals surface area contributed by atoms with Gasteiger partial charge in [-0.2, -0.15) is 4.31 Å². The Morgan fingerprint density at radius 3 is 2.26 bits per heavy atom. The van der Waals surface area contributed by atoms with Crippen molar-refractivity contribution in [3.63, 3.8) is 0 Å². The molecule has 0 radical (unpaired) electrons. The summed E-state index contributed by atoms with van der Waals surface area (Å²) in [6.07, 6.45) is 1.17. The molecule has 46 heavy (non-hydrogen) atoms. The number of sulfonamides is 2. The number of benzene rings is 3. The van der Waals surface area contributed by atoms with Gasteiger partial charge in [0.1, 0.15) is 17.4 Å². The van der Waals surface area contributed by atoms with E-state index in [0.717, 1.165) is 23.3 Å². The van der Waals surface area contributed by atoms with Crippen molar-refractivity contribution in [2.24, 2.45) is 5.92 Å². The van der Waals surface area contributed by atoms with Crippen LogP contribution in [0.2, 0.25) is 0 Å². The Morgan fingerprint density at radius 1 is 1.02 bits per heavy atom. The maximum atomic E-state index is 13.9. The van der Waals surface area contributed by atoms with E-state index in [2.05, 4.69) is 15.4 Å². The quantitative estimate of drug-likeness (QED) is 0.181. The van der Waals surface area contributed by atoms with Crippen molar-refractivity contribution in [1.82, 2.24) is 14.5 Å². The van der Waals surface area contributed by atoms with Crippen LogP contribution in [0, 0.1) is 17.6 Å². The SMILES string of the molecule is CN(Cc1c(F)cccc1F)C(=O)Nc1ccc(S(=O)(=O)N2CCC(CNCC(O)c3ccc(O)c(NS(C)(=O)=O)c3)CC2)cc1. The van der Waals surface area contributed by atoms with E-state index >= 15 is 0 Å². The molecule has 2 amide bonds. The fourth-order valence-corrected chi connectivity index (χ4v) is 7.04. The molecule has 12 nitrogen and oxygen atoms in total. The van der Waals surface area contributed by atoms with Gasteiger partial charge < -0.3 is 25.7 Å². The molecular formula is C30H37F2N5O7S2. The minimum atomic E-state index is -3.79. The van der Waals surface area contributed by atoms with E-state index in [-0.39, 0.29) is 40.9 Å². The topological polar surface area (TPSA) is 168 Å². The minimum absolute atomic E-state index is 0.0332. The molecule has 3 aromatic rings. The molecule has 1 fully saturated rings. The van der Waals surface area contributed by atoms with Crippen LogP contribution in [0.15, 0.2) is 65.6 Å². The molecular weight excluding hydrogens is 644 g/mol. The highest BCUT2D eigenvalue weighted by atomic mass is 32.2. The van der Waals surface area contributed by atoms with E-state index in [1.165, 1.54) is 59.9 Å². The van der Waals surface area contributed by atoms with Crippen molar-refractivity contribution in [2.45, 2.75) is 30.4 Å². The van der Waals surface area contributed by atoms with Crippen LogP contribution in [0.3, 0.4) is 0 Å². The molecule has 1 unspecified atom stereocenters. The minimum Gasteiger partial charge on any atom is -0.506 e. The Labute approximate surface area is 267 Å². The largest absolute Gasteiger partial charge is 0.506 e. The summed E-state index contributed by atoms with van der Waals surface area (Å²) < 4.78 is 81.0. The van der Waals surface area contributed by atoms with Crippen molar-refractivity contribution >= 4 is 37.5 Å². The zero-order valence-electron chi connectivity index (χ0n) is 25.3. The van der Waals surface area contributed by atoms with Gasteiger partial charge in [-0.3, -0.25) is 4.72 Å². The summed E-state index contributed by atoms with van der Waals surface area (Å²) in [4.78, 5) is 13.7. The molecule has 0 aliphatic carbocycles. The van der Waals surface area contributed by atoms with Crippen molar-refractivity contribution < 1.29 is 40.6 Å². The van der Waals surface area contributed by atoms with Gasteiger partial charge in [-0.25, -0.2) is 30.4 Å². The molecule has 0 saturated carbocycles. The second-order valence-corrected chi connectivity index (χ2v) is 14.9. The number of halogens is 2. The maximum absolute atomic E-state index is 13.9. The van der Waals surface area contributed by atoms with Crippen molar-refractivity contribution in [1.29, 1.82) is 0 Å². The Kier molecular flexibility index (Phi) is 11.2. The molecule has 1 aliphatic rings. The number of hydrogen-bond acceptors (Lipinski definition) is 8. The summed E-state index contributed by atoms with van der Waals surface area (Å²) in [5.41, 5.74) is 0.446. The van der Waals surface area contributed by atoms with Crippen LogP contribution in [0.25, 0.3) is 0 Å². The lowest BCUT2D eigenvalue weighted by molar-refractivity contribution is 0.169. The fourth-order valence-electron chi connectivity index (χ4n) is 5.01. The lowest BCUT2D eigenvalue weighted by Crippen LogP contribution is -2.41. The van der Waals surface area contributed by atoms with Crippen LogP contribution < -0.4 is 15.4 Å². The first kappa shape index (κ1) is 35.0. The summed E-state index contributed by atoms with van der Waals surface area (Å²) in [6, 6.07) is 12.6. The van der Waals surface area contributed by atoms with Gasteiger partial charge in [-0.1, -0.05) is 12.1 Å². The number of anilines is 2. The van der Waals surface area contributed by atoms with Crippen LogP contribution >= 0.6 is 0 Å². The van der Waals surface area contributed by atoms with Gasteiger partial charge in [0.2, 0.25) is 20.0 Å². The number of hydrogen-bond donors (Lipinski definition) is 5. The highest BCUT2D eigenvalue weighted by Crippen LogP contribution is 2.28. The molecule has 1 saturated heterocycles. The van der Waals surface area contributed by atoms with Crippen LogP contribution in [0.1, 0.15) is 30.1 Å².